The molecule has 0 aliphatic rings. The Balaban J connectivity index is 2.59. The van der Waals surface area contributed by atoms with Crippen LogP contribution in [0.1, 0.15) is 5.56 Å². The van der Waals surface area contributed by atoms with Crippen LogP contribution in [0.15, 0.2) is 22.7 Å². The molecule has 84 valence electrons. The number of halogens is 1. The second-order valence-corrected chi connectivity index (χ2v) is 3.79. The second kappa shape index (κ2) is 4.06. The molecule has 2 N–H and O–H groups in total. The number of nitrogen functional groups attached to an aromatic ring is 1. The molecule has 16 heavy (non-hydrogen) atoms. The molecule has 0 aliphatic heterocycles. The first kappa shape index (κ1) is 10.8. The van der Waals surface area contributed by atoms with Gasteiger partial charge >= 0.3 is 0 Å². The third-order valence-electron chi connectivity index (χ3n) is 2.27. The number of hydrogen-bond acceptors (Lipinski definition) is 4. The lowest BCUT2D eigenvalue weighted by Crippen LogP contribution is -1.89. The van der Waals surface area contributed by atoms with Gasteiger partial charge in [-0.1, -0.05) is 22.8 Å². The summed E-state index contributed by atoms with van der Waals surface area (Å²) < 4.78 is 10.1. The van der Waals surface area contributed by atoms with Gasteiger partial charge in [0.05, 0.1) is 7.11 Å². The van der Waals surface area contributed by atoms with Crippen molar-refractivity contribution in [3.63, 3.8) is 0 Å². The normalized spacial score (nSPS) is 10.4. The molecular formula is C11H11ClN2O2. The standard InChI is InChI=1S/C11H11ClN2O2/c1-6-3-4-7(8(5-6)15-2)10-9(12)11(13)16-14-10/h3-5H,13H2,1-2H3. The molecule has 0 spiro atoms. The smallest absolute Gasteiger partial charge is 0.241 e. The van der Waals surface area contributed by atoms with Crippen molar-refractivity contribution >= 4 is 17.5 Å². The van der Waals surface area contributed by atoms with Crippen molar-refractivity contribution in [2.75, 3.05) is 12.8 Å². The first-order chi connectivity index (χ1) is 7.63. The predicted octanol–water partition coefficient (Wildman–Crippen LogP) is 2.89. The fourth-order valence-electron chi connectivity index (χ4n) is 1.45. The van der Waals surface area contributed by atoms with Crippen LogP contribution in [0, 0.1) is 6.92 Å². The number of nitrogens with zero attached hydrogens (tertiary/aromatic N) is 1. The van der Waals surface area contributed by atoms with E-state index in [1.165, 1.54) is 0 Å². The van der Waals surface area contributed by atoms with Crippen LogP contribution in [-0.4, -0.2) is 12.3 Å². The SMILES string of the molecule is COc1cc(C)ccc1-c1noc(N)c1Cl. The molecule has 0 saturated carbocycles. The van der Waals surface area contributed by atoms with E-state index in [1.54, 1.807) is 7.11 Å². The van der Waals surface area contributed by atoms with Crippen LogP contribution in [0.4, 0.5) is 5.88 Å². The maximum Gasteiger partial charge on any atom is 0.241 e. The van der Waals surface area contributed by atoms with E-state index in [-0.39, 0.29) is 5.88 Å². The summed E-state index contributed by atoms with van der Waals surface area (Å²) in [5, 5.41) is 4.12. The van der Waals surface area contributed by atoms with Gasteiger partial charge in [-0.25, -0.2) is 0 Å². The van der Waals surface area contributed by atoms with Gasteiger partial charge in [0.15, 0.2) is 0 Å². The number of benzene rings is 1. The summed E-state index contributed by atoms with van der Waals surface area (Å²) in [6, 6.07) is 5.72. The quantitative estimate of drug-likeness (QED) is 0.874. The summed E-state index contributed by atoms with van der Waals surface area (Å²) >= 11 is 5.98. The van der Waals surface area contributed by atoms with Crippen LogP contribution in [0.5, 0.6) is 5.75 Å². The molecule has 0 amide bonds. The van der Waals surface area contributed by atoms with Gasteiger partial charge in [-0.15, -0.1) is 0 Å². The van der Waals surface area contributed by atoms with E-state index in [0.29, 0.717) is 16.5 Å². The Morgan fingerprint density at radius 3 is 2.75 bits per heavy atom. The Hall–Kier alpha value is -1.68. The van der Waals surface area contributed by atoms with E-state index in [2.05, 4.69) is 5.16 Å². The van der Waals surface area contributed by atoms with E-state index in [1.807, 2.05) is 25.1 Å². The zero-order chi connectivity index (χ0) is 11.7. The number of methoxy groups -OCH3 is 1. The van der Waals surface area contributed by atoms with Crippen molar-refractivity contribution in [2.45, 2.75) is 6.92 Å². The number of hydrogen-bond donors (Lipinski definition) is 1. The summed E-state index contributed by atoms with van der Waals surface area (Å²) in [5.74, 6) is 0.800. The maximum atomic E-state index is 5.98. The molecule has 4 nitrogen and oxygen atoms in total. The number of rotatable bonds is 2. The lowest BCUT2D eigenvalue weighted by molar-refractivity contribution is 0.413. The molecule has 0 bridgehead atoms. The molecule has 0 fully saturated rings. The monoisotopic (exact) mass is 238 g/mol. The minimum absolute atomic E-state index is 0.110. The summed E-state index contributed by atoms with van der Waals surface area (Å²) in [7, 11) is 1.59. The highest BCUT2D eigenvalue weighted by Gasteiger charge is 2.16. The Bertz CT molecular complexity index is 523. The van der Waals surface area contributed by atoms with Gasteiger partial charge in [0.1, 0.15) is 16.5 Å². The fourth-order valence-corrected chi connectivity index (χ4v) is 1.62. The van der Waals surface area contributed by atoms with Gasteiger partial charge in [-0.2, -0.15) is 0 Å². The molecule has 2 rings (SSSR count). The van der Waals surface area contributed by atoms with Gasteiger partial charge in [0, 0.05) is 5.56 Å². The van der Waals surface area contributed by atoms with Crippen LogP contribution in [0.25, 0.3) is 11.3 Å². The van der Waals surface area contributed by atoms with Crippen molar-refractivity contribution in [1.82, 2.24) is 5.16 Å². The lowest BCUT2D eigenvalue weighted by Gasteiger charge is -2.06. The third kappa shape index (κ3) is 1.72. The molecule has 5 heteroatoms. The first-order valence-corrected chi connectivity index (χ1v) is 5.07. The fraction of sp³-hybridized carbons (Fsp3) is 0.182. The van der Waals surface area contributed by atoms with Crippen LogP contribution in [0.2, 0.25) is 5.02 Å². The van der Waals surface area contributed by atoms with E-state index in [0.717, 1.165) is 11.1 Å². The topological polar surface area (TPSA) is 61.3 Å². The largest absolute Gasteiger partial charge is 0.496 e. The number of ether oxygens (including phenoxy) is 1. The molecule has 0 aliphatic carbocycles. The highest BCUT2D eigenvalue weighted by Crippen LogP contribution is 2.37. The van der Waals surface area contributed by atoms with Crippen molar-refractivity contribution in [3.05, 3.63) is 28.8 Å². The van der Waals surface area contributed by atoms with Crippen LogP contribution in [0.3, 0.4) is 0 Å². The average molecular weight is 239 g/mol. The molecule has 1 heterocycles. The molecular weight excluding hydrogens is 228 g/mol. The van der Waals surface area contributed by atoms with Gasteiger partial charge in [0.2, 0.25) is 5.88 Å². The van der Waals surface area contributed by atoms with Crippen molar-refractivity contribution in [3.8, 4) is 17.0 Å². The maximum absolute atomic E-state index is 5.98. The minimum Gasteiger partial charge on any atom is -0.496 e. The van der Waals surface area contributed by atoms with Crippen molar-refractivity contribution in [2.24, 2.45) is 0 Å². The zero-order valence-electron chi connectivity index (χ0n) is 8.95. The number of nitrogens with two attached hydrogens (primary N) is 1. The zero-order valence-corrected chi connectivity index (χ0v) is 9.71. The van der Waals surface area contributed by atoms with E-state index >= 15 is 0 Å². The summed E-state index contributed by atoms with van der Waals surface area (Å²) in [6.07, 6.45) is 0. The highest BCUT2D eigenvalue weighted by molar-refractivity contribution is 6.35. The molecule has 0 radical (unpaired) electrons. The number of anilines is 1. The number of aryl methyl sites for hydroxylation is 1. The van der Waals surface area contributed by atoms with E-state index < -0.39 is 0 Å². The van der Waals surface area contributed by atoms with Gasteiger partial charge in [0.25, 0.3) is 0 Å². The van der Waals surface area contributed by atoms with Gasteiger partial charge in [-0.05, 0) is 24.6 Å². The lowest BCUT2D eigenvalue weighted by atomic mass is 10.1. The Morgan fingerprint density at radius 1 is 1.44 bits per heavy atom. The summed E-state index contributed by atoms with van der Waals surface area (Å²) in [5.41, 5.74) is 7.85. The molecule has 1 aromatic heterocycles. The van der Waals surface area contributed by atoms with Gasteiger partial charge < -0.3 is 15.0 Å². The Labute approximate surface area is 97.9 Å². The minimum atomic E-state index is 0.110. The van der Waals surface area contributed by atoms with Crippen LogP contribution >= 0.6 is 11.6 Å². The van der Waals surface area contributed by atoms with Crippen LogP contribution in [-0.2, 0) is 0 Å². The highest BCUT2D eigenvalue weighted by atomic mass is 35.5. The third-order valence-corrected chi connectivity index (χ3v) is 2.64. The molecule has 0 atom stereocenters. The van der Waals surface area contributed by atoms with Crippen molar-refractivity contribution in [1.29, 1.82) is 0 Å². The predicted molar refractivity (Wildman–Crippen MR) is 62.7 cm³/mol. The number of aromatic nitrogens is 1. The Morgan fingerprint density at radius 2 is 2.19 bits per heavy atom. The summed E-state index contributed by atoms with van der Waals surface area (Å²) in [6.45, 7) is 1.98. The molecule has 1 aromatic carbocycles. The van der Waals surface area contributed by atoms with E-state index in [4.69, 9.17) is 26.6 Å². The molecule has 0 saturated heterocycles. The van der Waals surface area contributed by atoms with Crippen LogP contribution < -0.4 is 10.5 Å². The molecule has 2 aromatic rings. The summed E-state index contributed by atoms with van der Waals surface area (Å²) in [4.78, 5) is 0. The van der Waals surface area contributed by atoms with Gasteiger partial charge in [-0.3, -0.25) is 0 Å². The average Bonchev–Trinajstić information content (AvgIpc) is 2.60. The van der Waals surface area contributed by atoms with E-state index in [9.17, 15) is 0 Å². The first-order valence-electron chi connectivity index (χ1n) is 4.69. The van der Waals surface area contributed by atoms with Crippen molar-refractivity contribution < 1.29 is 9.26 Å². The Kier molecular flexibility index (Phi) is 2.75. The second-order valence-electron chi connectivity index (χ2n) is 3.41. The molecule has 0 unspecified atom stereocenters.